The topological polar surface area (TPSA) is 71.5 Å². The van der Waals surface area contributed by atoms with Gasteiger partial charge < -0.3 is 4.74 Å². The number of pyridine rings is 1. The van der Waals surface area contributed by atoms with Gasteiger partial charge in [0.15, 0.2) is 0 Å². The van der Waals surface area contributed by atoms with Gasteiger partial charge in [0.1, 0.15) is 16.6 Å². The van der Waals surface area contributed by atoms with Crippen molar-refractivity contribution in [1.29, 1.82) is 0 Å². The fourth-order valence-corrected chi connectivity index (χ4v) is 4.22. The molecule has 0 atom stereocenters. The quantitative estimate of drug-likeness (QED) is 0.360. The number of rotatable bonds is 7. The molecule has 7 nitrogen and oxygen atoms in total. The van der Waals surface area contributed by atoms with Gasteiger partial charge in [-0.1, -0.05) is 35.9 Å². The Hall–Kier alpha value is -2.87. The SMILES string of the molecule is CC(C)(C)OC(=O)CN1CCN(Cc2cccc(Cc3nccc(-c4ccc(Cl)nc4)n3)c2)CC1. The van der Waals surface area contributed by atoms with Gasteiger partial charge in [-0.25, -0.2) is 15.0 Å². The van der Waals surface area contributed by atoms with Crippen molar-refractivity contribution in [3.63, 3.8) is 0 Å². The summed E-state index contributed by atoms with van der Waals surface area (Å²) in [4.78, 5) is 30.0. The average molecular weight is 494 g/mol. The van der Waals surface area contributed by atoms with Crippen LogP contribution in [0.2, 0.25) is 5.15 Å². The van der Waals surface area contributed by atoms with E-state index in [9.17, 15) is 4.79 Å². The molecule has 1 aromatic carbocycles. The van der Waals surface area contributed by atoms with Crippen LogP contribution in [0, 0.1) is 0 Å². The zero-order valence-corrected chi connectivity index (χ0v) is 21.3. The van der Waals surface area contributed by atoms with Gasteiger partial charge in [0.2, 0.25) is 0 Å². The highest BCUT2D eigenvalue weighted by Crippen LogP contribution is 2.19. The number of nitrogens with zero attached hydrogens (tertiary/aromatic N) is 5. The Morgan fingerprint density at radius 3 is 2.46 bits per heavy atom. The van der Waals surface area contributed by atoms with Crippen LogP contribution in [0.25, 0.3) is 11.3 Å². The van der Waals surface area contributed by atoms with Crippen molar-refractivity contribution in [1.82, 2.24) is 24.8 Å². The summed E-state index contributed by atoms with van der Waals surface area (Å²) in [6.45, 7) is 10.5. The number of carbonyl (C=O) groups is 1. The molecule has 184 valence electrons. The molecule has 4 rings (SSSR count). The summed E-state index contributed by atoms with van der Waals surface area (Å²) in [6, 6.07) is 14.2. The van der Waals surface area contributed by atoms with Crippen LogP contribution in [-0.2, 0) is 22.5 Å². The Balaban J connectivity index is 1.31. The van der Waals surface area contributed by atoms with E-state index in [1.54, 1.807) is 18.5 Å². The Kier molecular flexibility index (Phi) is 8.11. The lowest BCUT2D eigenvalue weighted by molar-refractivity contribution is -0.156. The largest absolute Gasteiger partial charge is 0.459 e. The molecule has 0 bridgehead atoms. The van der Waals surface area contributed by atoms with Gasteiger partial charge in [-0.15, -0.1) is 0 Å². The maximum absolute atomic E-state index is 12.1. The van der Waals surface area contributed by atoms with Gasteiger partial charge in [-0.2, -0.15) is 0 Å². The highest BCUT2D eigenvalue weighted by atomic mass is 35.5. The van der Waals surface area contributed by atoms with Gasteiger partial charge in [-0.05, 0) is 50.1 Å². The molecule has 1 saturated heterocycles. The predicted molar refractivity (Wildman–Crippen MR) is 137 cm³/mol. The third-order valence-corrected chi connectivity index (χ3v) is 5.95. The third kappa shape index (κ3) is 7.82. The first-order valence-electron chi connectivity index (χ1n) is 11.9. The van der Waals surface area contributed by atoms with Crippen molar-refractivity contribution in [3.05, 3.63) is 77.0 Å². The first kappa shape index (κ1) is 25.2. The molecule has 0 N–H and O–H groups in total. The molecular formula is C27H32ClN5O2. The fourth-order valence-electron chi connectivity index (χ4n) is 4.11. The van der Waals surface area contributed by atoms with Crippen molar-refractivity contribution in [2.75, 3.05) is 32.7 Å². The summed E-state index contributed by atoms with van der Waals surface area (Å²) in [5.74, 6) is 0.614. The number of hydrogen-bond donors (Lipinski definition) is 0. The minimum atomic E-state index is -0.441. The van der Waals surface area contributed by atoms with Crippen LogP contribution < -0.4 is 0 Å². The van der Waals surface area contributed by atoms with Gasteiger partial charge >= 0.3 is 5.97 Å². The zero-order valence-electron chi connectivity index (χ0n) is 20.6. The van der Waals surface area contributed by atoms with E-state index < -0.39 is 5.60 Å². The van der Waals surface area contributed by atoms with Crippen LogP contribution in [0.3, 0.4) is 0 Å². The number of benzene rings is 1. The lowest BCUT2D eigenvalue weighted by Crippen LogP contribution is -2.48. The van der Waals surface area contributed by atoms with Crippen molar-refractivity contribution in [2.45, 2.75) is 39.3 Å². The molecule has 35 heavy (non-hydrogen) atoms. The molecule has 0 radical (unpaired) electrons. The number of aromatic nitrogens is 3. The second-order valence-corrected chi connectivity index (χ2v) is 10.3. The van der Waals surface area contributed by atoms with Gasteiger partial charge in [0, 0.05) is 57.1 Å². The molecule has 0 amide bonds. The van der Waals surface area contributed by atoms with E-state index >= 15 is 0 Å². The van der Waals surface area contributed by atoms with E-state index in [0.29, 0.717) is 18.1 Å². The predicted octanol–water partition coefficient (Wildman–Crippen LogP) is 4.24. The minimum absolute atomic E-state index is 0.155. The van der Waals surface area contributed by atoms with Gasteiger partial charge in [0.25, 0.3) is 0 Å². The number of esters is 1. The van der Waals surface area contributed by atoms with E-state index in [-0.39, 0.29) is 5.97 Å². The van der Waals surface area contributed by atoms with Crippen LogP contribution in [0.5, 0.6) is 0 Å². The zero-order chi connectivity index (χ0) is 24.8. The normalized spacial score (nSPS) is 15.2. The number of ether oxygens (including phenoxy) is 1. The van der Waals surface area contributed by atoms with E-state index in [2.05, 4.69) is 44.0 Å². The first-order valence-corrected chi connectivity index (χ1v) is 12.3. The van der Waals surface area contributed by atoms with Crippen LogP contribution in [0.1, 0.15) is 37.7 Å². The molecule has 8 heteroatoms. The van der Waals surface area contributed by atoms with E-state index in [0.717, 1.165) is 49.8 Å². The Morgan fingerprint density at radius 2 is 1.74 bits per heavy atom. The van der Waals surface area contributed by atoms with E-state index in [4.69, 9.17) is 21.3 Å². The fraction of sp³-hybridized carbons (Fsp3) is 0.407. The van der Waals surface area contributed by atoms with Crippen molar-refractivity contribution in [2.24, 2.45) is 0 Å². The summed E-state index contributed by atoms with van der Waals surface area (Å²) in [5.41, 5.74) is 3.75. The lowest BCUT2D eigenvalue weighted by Gasteiger charge is -2.34. The molecule has 0 aliphatic carbocycles. The molecule has 1 aliphatic heterocycles. The molecule has 3 heterocycles. The number of piperazine rings is 1. The smallest absolute Gasteiger partial charge is 0.320 e. The lowest BCUT2D eigenvalue weighted by atomic mass is 10.1. The van der Waals surface area contributed by atoms with Crippen molar-refractivity contribution < 1.29 is 9.53 Å². The standard InChI is InChI=1S/C27H32ClN5O2/c1-27(2,3)35-26(34)19-33-13-11-32(12-14-33)18-21-6-4-5-20(15-21)16-25-29-10-9-23(31-25)22-7-8-24(28)30-17-22/h4-10,15,17H,11-14,16,18-19H2,1-3H3. The molecule has 1 fully saturated rings. The van der Waals surface area contributed by atoms with Crippen molar-refractivity contribution >= 4 is 17.6 Å². The first-order chi connectivity index (χ1) is 16.7. The van der Waals surface area contributed by atoms with Crippen LogP contribution in [0.15, 0.2) is 54.9 Å². The third-order valence-electron chi connectivity index (χ3n) is 5.73. The monoisotopic (exact) mass is 493 g/mol. The summed E-state index contributed by atoms with van der Waals surface area (Å²) in [7, 11) is 0. The van der Waals surface area contributed by atoms with Crippen LogP contribution in [0.4, 0.5) is 0 Å². The molecule has 3 aromatic rings. The second-order valence-electron chi connectivity index (χ2n) is 9.86. The highest BCUT2D eigenvalue weighted by Gasteiger charge is 2.22. The second kappa shape index (κ2) is 11.2. The maximum Gasteiger partial charge on any atom is 0.320 e. The molecule has 2 aromatic heterocycles. The number of carbonyl (C=O) groups excluding carboxylic acids is 1. The number of halogens is 1. The summed E-state index contributed by atoms with van der Waals surface area (Å²) < 4.78 is 5.45. The Bertz CT molecular complexity index is 1140. The highest BCUT2D eigenvalue weighted by molar-refractivity contribution is 6.29. The summed E-state index contributed by atoms with van der Waals surface area (Å²) in [5, 5.41) is 0.462. The van der Waals surface area contributed by atoms with E-state index in [1.807, 2.05) is 32.9 Å². The van der Waals surface area contributed by atoms with Gasteiger partial charge in [0.05, 0.1) is 12.2 Å². The Labute approximate surface area is 212 Å². The van der Waals surface area contributed by atoms with Crippen LogP contribution in [-0.4, -0.2) is 69.0 Å². The summed E-state index contributed by atoms with van der Waals surface area (Å²) in [6.07, 6.45) is 4.17. The molecular weight excluding hydrogens is 462 g/mol. The summed E-state index contributed by atoms with van der Waals surface area (Å²) >= 11 is 5.90. The van der Waals surface area contributed by atoms with Crippen LogP contribution >= 0.6 is 11.6 Å². The Morgan fingerprint density at radius 1 is 1.00 bits per heavy atom. The molecule has 0 unspecified atom stereocenters. The average Bonchev–Trinajstić information content (AvgIpc) is 2.80. The minimum Gasteiger partial charge on any atom is -0.459 e. The van der Waals surface area contributed by atoms with E-state index in [1.165, 1.54) is 11.1 Å². The number of hydrogen-bond acceptors (Lipinski definition) is 7. The molecule has 0 spiro atoms. The molecule has 1 aliphatic rings. The molecule has 0 saturated carbocycles. The maximum atomic E-state index is 12.1. The van der Waals surface area contributed by atoms with Gasteiger partial charge in [-0.3, -0.25) is 14.6 Å². The van der Waals surface area contributed by atoms with Crippen molar-refractivity contribution in [3.8, 4) is 11.3 Å².